The molecule has 5 N–H and O–H groups in total. The molecule has 130 valence electrons. The molecule has 8 nitrogen and oxygen atoms in total. The summed E-state index contributed by atoms with van der Waals surface area (Å²) in [6, 6.07) is 11.8. The van der Waals surface area contributed by atoms with Crippen LogP contribution in [0, 0.1) is 0 Å². The summed E-state index contributed by atoms with van der Waals surface area (Å²) in [7, 11) is 0. The molecule has 0 aliphatic rings. The van der Waals surface area contributed by atoms with Crippen LogP contribution < -0.4 is 16.4 Å². The van der Waals surface area contributed by atoms with Gasteiger partial charge >= 0.3 is 0 Å². The number of carbonyl (C=O) groups excluding carboxylic acids is 1. The summed E-state index contributed by atoms with van der Waals surface area (Å²) >= 11 is 3.41. The third-order valence-corrected chi connectivity index (χ3v) is 4.03. The fraction of sp³-hybridized carbons (Fsp3) is 0.188. The van der Waals surface area contributed by atoms with E-state index in [-0.39, 0.29) is 11.5 Å². The van der Waals surface area contributed by atoms with Crippen molar-refractivity contribution in [3.05, 3.63) is 52.3 Å². The van der Waals surface area contributed by atoms with E-state index in [0.717, 1.165) is 21.6 Å². The van der Waals surface area contributed by atoms with Crippen LogP contribution in [0.5, 0.6) is 0 Å². The summed E-state index contributed by atoms with van der Waals surface area (Å²) in [5.41, 5.74) is 6.49. The van der Waals surface area contributed by atoms with Gasteiger partial charge < -0.3 is 20.8 Å². The van der Waals surface area contributed by atoms with E-state index in [9.17, 15) is 4.79 Å². The summed E-state index contributed by atoms with van der Waals surface area (Å²) in [5.74, 6) is 1.28. The van der Waals surface area contributed by atoms with Crippen LogP contribution in [0.15, 0.2) is 49.9 Å². The normalized spacial score (nSPS) is 10.8. The van der Waals surface area contributed by atoms with Crippen molar-refractivity contribution in [1.82, 2.24) is 15.6 Å². The maximum atomic E-state index is 11.8. The van der Waals surface area contributed by atoms with Crippen molar-refractivity contribution in [3.8, 4) is 11.3 Å². The number of rotatable bonds is 7. The molecule has 0 radical (unpaired) electrons. The standard InChI is InChI=1S/C16H16BrN5O3/c17-11-3-1-10(2-4-11)13-6-5-12(24-13)9-19-7-8-20-16(23)14-15(18)22-25-21-14/h1-6,19H,7-9H2,(H2,18,22)(H,20,23)/p+1. The van der Waals surface area contributed by atoms with Crippen molar-refractivity contribution in [2.45, 2.75) is 6.54 Å². The van der Waals surface area contributed by atoms with Gasteiger partial charge in [-0.15, -0.1) is 0 Å². The molecule has 0 aliphatic heterocycles. The van der Waals surface area contributed by atoms with Gasteiger partial charge in [-0.3, -0.25) is 4.79 Å². The number of amides is 1. The highest BCUT2D eigenvalue weighted by atomic mass is 79.9. The Kier molecular flexibility index (Phi) is 5.46. The van der Waals surface area contributed by atoms with Crippen LogP contribution in [0.1, 0.15) is 16.2 Å². The summed E-state index contributed by atoms with van der Waals surface area (Å²) in [4.78, 5) is 11.8. The smallest absolute Gasteiger partial charge is 0.277 e. The lowest BCUT2D eigenvalue weighted by Crippen LogP contribution is -2.84. The van der Waals surface area contributed by atoms with E-state index in [1.807, 2.05) is 41.7 Å². The lowest BCUT2D eigenvalue weighted by atomic mass is 10.2. The molecule has 0 saturated heterocycles. The predicted octanol–water partition coefficient (Wildman–Crippen LogP) is 1.17. The molecule has 3 aromatic rings. The van der Waals surface area contributed by atoms with Crippen LogP contribution in [-0.4, -0.2) is 29.3 Å². The molecule has 1 aromatic carbocycles. The summed E-state index contributed by atoms with van der Waals surface area (Å²) < 4.78 is 11.2. The maximum Gasteiger partial charge on any atom is 0.277 e. The molecule has 9 heteroatoms. The average Bonchev–Trinajstić information content (AvgIpc) is 3.24. The predicted molar refractivity (Wildman–Crippen MR) is 93.4 cm³/mol. The van der Waals surface area contributed by atoms with E-state index in [1.54, 1.807) is 0 Å². The Morgan fingerprint density at radius 3 is 2.72 bits per heavy atom. The number of aromatic nitrogens is 2. The average molecular weight is 407 g/mol. The fourth-order valence-corrected chi connectivity index (χ4v) is 2.49. The number of nitrogen functional groups attached to an aromatic ring is 1. The summed E-state index contributed by atoms with van der Waals surface area (Å²) in [6.45, 7) is 1.83. The van der Waals surface area contributed by atoms with Crippen LogP contribution in [0.25, 0.3) is 11.3 Å². The Hall–Kier alpha value is -2.65. The van der Waals surface area contributed by atoms with Crippen molar-refractivity contribution in [2.24, 2.45) is 0 Å². The lowest BCUT2D eigenvalue weighted by Gasteiger charge is -2.02. The first-order valence-electron chi connectivity index (χ1n) is 7.66. The zero-order valence-electron chi connectivity index (χ0n) is 13.2. The van der Waals surface area contributed by atoms with Crippen molar-refractivity contribution in [3.63, 3.8) is 0 Å². The number of benzene rings is 1. The second-order valence-corrected chi connectivity index (χ2v) is 6.22. The fourth-order valence-electron chi connectivity index (χ4n) is 2.23. The highest BCUT2D eigenvalue weighted by Crippen LogP contribution is 2.23. The number of hydrogen-bond donors (Lipinski definition) is 3. The number of nitrogens with two attached hydrogens (primary N) is 2. The number of hydrogen-bond acceptors (Lipinski definition) is 6. The van der Waals surface area contributed by atoms with E-state index in [2.05, 4.69) is 36.2 Å². The molecular weight excluding hydrogens is 390 g/mol. The van der Waals surface area contributed by atoms with Crippen LogP contribution in [0.2, 0.25) is 0 Å². The topological polar surface area (TPSA) is 124 Å². The number of quaternary nitrogens is 1. The van der Waals surface area contributed by atoms with Crippen molar-refractivity contribution >= 4 is 27.7 Å². The first-order chi connectivity index (χ1) is 12.1. The highest BCUT2D eigenvalue weighted by Gasteiger charge is 2.15. The van der Waals surface area contributed by atoms with Gasteiger partial charge in [-0.1, -0.05) is 28.1 Å². The monoisotopic (exact) mass is 406 g/mol. The van der Waals surface area contributed by atoms with Gasteiger partial charge in [0.25, 0.3) is 5.91 Å². The van der Waals surface area contributed by atoms with E-state index >= 15 is 0 Å². The molecule has 2 aromatic heterocycles. The number of carbonyl (C=O) groups is 1. The number of anilines is 1. The van der Waals surface area contributed by atoms with Crippen molar-refractivity contribution < 1.29 is 19.2 Å². The Bertz CT molecular complexity index is 844. The minimum Gasteiger partial charge on any atom is -0.455 e. The second kappa shape index (κ2) is 7.95. The zero-order valence-corrected chi connectivity index (χ0v) is 14.8. The van der Waals surface area contributed by atoms with Crippen LogP contribution >= 0.6 is 15.9 Å². The van der Waals surface area contributed by atoms with E-state index < -0.39 is 5.91 Å². The molecule has 0 bridgehead atoms. The second-order valence-electron chi connectivity index (χ2n) is 5.31. The highest BCUT2D eigenvalue weighted by molar-refractivity contribution is 9.10. The van der Waals surface area contributed by atoms with Crippen LogP contribution in [0.3, 0.4) is 0 Å². The van der Waals surface area contributed by atoms with Gasteiger partial charge in [-0.2, -0.15) is 0 Å². The largest absolute Gasteiger partial charge is 0.455 e. The molecule has 0 atom stereocenters. The van der Waals surface area contributed by atoms with Gasteiger partial charge in [0, 0.05) is 10.0 Å². The molecule has 0 spiro atoms. The molecular formula is C16H17BrN5O3+. The Labute approximate surface area is 151 Å². The molecule has 0 unspecified atom stereocenters. The third kappa shape index (κ3) is 4.46. The van der Waals surface area contributed by atoms with Gasteiger partial charge in [0.2, 0.25) is 11.5 Å². The van der Waals surface area contributed by atoms with Crippen LogP contribution in [0.4, 0.5) is 5.82 Å². The Morgan fingerprint density at radius 2 is 2.00 bits per heavy atom. The van der Waals surface area contributed by atoms with Crippen molar-refractivity contribution in [1.29, 1.82) is 0 Å². The molecule has 1 amide bonds. The molecule has 2 heterocycles. The minimum absolute atomic E-state index is 0.00479. The SMILES string of the molecule is Nc1nonc1C(=O)NCC[NH2+]Cc1ccc(-c2ccc(Br)cc2)o1. The number of furan rings is 1. The first kappa shape index (κ1) is 17.2. The summed E-state index contributed by atoms with van der Waals surface area (Å²) in [5, 5.41) is 11.5. The van der Waals surface area contributed by atoms with E-state index in [4.69, 9.17) is 10.2 Å². The maximum absolute atomic E-state index is 11.8. The van der Waals surface area contributed by atoms with Gasteiger partial charge in [0.05, 0.1) is 13.1 Å². The van der Waals surface area contributed by atoms with Gasteiger partial charge in [-0.25, -0.2) is 4.63 Å². The zero-order chi connectivity index (χ0) is 17.6. The van der Waals surface area contributed by atoms with Gasteiger partial charge in [0.15, 0.2) is 5.76 Å². The Balaban J connectivity index is 1.42. The minimum atomic E-state index is -0.400. The summed E-state index contributed by atoms with van der Waals surface area (Å²) in [6.07, 6.45) is 0. The number of halogens is 1. The Morgan fingerprint density at radius 1 is 1.20 bits per heavy atom. The molecule has 3 rings (SSSR count). The van der Waals surface area contributed by atoms with E-state index in [1.165, 1.54) is 0 Å². The third-order valence-electron chi connectivity index (χ3n) is 3.50. The van der Waals surface area contributed by atoms with Gasteiger partial charge in [0.1, 0.15) is 12.3 Å². The number of nitrogens with one attached hydrogen (secondary N) is 1. The first-order valence-corrected chi connectivity index (χ1v) is 8.45. The van der Waals surface area contributed by atoms with E-state index in [0.29, 0.717) is 19.6 Å². The van der Waals surface area contributed by atoms with Gasteiger partial charge in [-0.05, 0) is 34.6 Å². The lowest BCUT2D eigenvalue weighted by molar-refractivity contribution is -0.670. The quantitative estimate of drug-likeness (QED) is 0.505. The molecule has 0 fully saturated rings. The number of nitrogens with zero attached hydrogens (tertiary/aromatic N) is 2. The van der Waals surface area contributed by atoms with Crippen LogP contribution in [-0.2, 0) is 6.54 Å². The molecule has 0 aliphatic carbocycles. The molecule has 0 saturated carbocycles. The van der Waals surface area contributed by atoms with Crippen molar-refractivity contribution in [2.75, 3.05) is 18.8 Å². The molecule has 25 heavy (non-hydrogen) atoms.